The number of nitrogens with one attached hydrogen (secondary N) is 1. The molecule has 0 amide bonds. The Balaban J connectivity index is 1.94. The second-order valence-corrected chi connectivity index (χ2v) is 3.32. The van der Waals surface area contributed by atoms with Gasteiger partial charge in [-0.3, -0.25) is 0 Å². The van der Waals surface area contributed by atoms with Crippen molar-refractivity contribution in [3.8, 4) is 0 Å². The van der Waals surface area contributed by atoms with Crippen molar-refractivity contribution in [1.82, 2.24) is 5.32 Å². The Morgan fingerprint density at radius 3 is 2.89 bits per heavy atom. The highest BCUT2D eigenvalue weighted by atomic mass is 14.9. The predicted octanol–water partition coefficient (Wildman–Crippen LogP) is -0.0569. The van der Waals surface area contributed by atoms with Crippen LogP contribution in [0.15, 0.2) is 0 Å². The molecule has 0 aromatic rings. The summed E-state index contributed by atoms with van der Waals surface area (Å²) in [6.07, 6.45) is 2.64. The molecular weight excluding hydrogens is 112 g/mol. The van der Waals surface area contributed by atoms with E-state index >= 15 is 0 Å². The van der Waals surface area contributed by atoms with Gasteiger partial charge in [0.15, 0.2) is 0 Å². The van der Waals surface area contributed by atoms with Gasteiger partial charge in [-0.15, -0.1) is 0 Å². The Bertz CT molecular complexity index is 111. The van der Waals surface area contributed by atoms with E-state index in [0.717, 1.165) is 11.8 Å². The third kappa shape index (κ3) is 0.775. The van der Waals surface area contributed by atoms with Crippen molar-refractivity contribution < 1.29 is 0 Å². The third-order valence-electron chi connectivity index (χ3n) is 2.80. The molecule has 2 nitrogen and oxygen atoms in total. The Hall–Kier alpha value is -0.0800. The summed E-state index contributed by atoms with van der Waals surface area (Å²) in [6.45, 7) is 2.39. The molecule has 1 saturated carbocycles. The van der Waals surface area contributed by atoms with Crippen LogP contribution in [0.3, 0.4) is 0 Å². The number of hydrogen-bond donors (Lipinski definition) is 2. The normalized spacial score (nSPS) is 49.7. The van der Waals surface area contributed by atoms with Crippen molar-refractivity contribution in [2.45, 2.75) is 18.9 Å². The van der Waals surface area contributed by atoms with Crippen LogP contribution in [0.5, 0.6) is 0 Å². The summed E-state index contributed by atoms with van der Waals surface area (Å²) in [6, 6.07) is 0.516. The molecule has 1 aliphatic heterocycles. The molecule has 3 N–H and O–H groups in total. The van der Waals surface area contributed by atoms with Crippen molar-refractivity contribution in [1.29, 1.82) is 0 Å². The minimum atomic E-state index is 0.516. The summed E-state index contributed by atoms with van der Waals surface area (Å²) in [5.74, 6) is 1.79. The minimum Gasteiger partial charge on any atom is -0.327 e. The van der Waals surface area contributed by atoms with Gasteiger partial charge in [-0.05, 0) is 37.8 Å². The molecule has 1 aliphatic carbocycles. The first-order chi connectivity index (χ1) is 4.38. The lowest BCUT2D eigenvalue weighted by atomic mass is 9.66. The van der Waals surface area contributed by atoms with Gasteiger partial charge in [-0.25, -0.2) is 0 Å². The molecule has 0 aromatic carbocycles. The standard InChI is InChI=1S/C7H14N2/c8-7-3-5-1-2-9-4-6(5)7/h5-7,9H,1-4,8H2. The number of piperidine rings is 1. The molecule has 2 fully saturated rings. The molecule has 2 aliphatic rings. The van der Waals surface area contributed by atoms with Crippen LogP contribution in [0.4, 0.5) is 0 Å². The molecule has 9 heavy (non-hydrogen) atoms. The lowest BCUT2D eigenvalue weighted by Gasteiger charge is -2.46. The molecule has 2 rings (SSSR count). The number of rotatable bonds is 0. The first-order valence-electron chi connectivity index (χ1n) is 3.84. The highest BCUT2D eigenvalue weighted by molar-refractivity contribution is 4.95. The summed E-state index contributed by atoms with van der Waals surface area (Å²) in [5, 5.41) is 3.37. The van der Waals surface area contributed by atoms with Crippen molar-refractivity contribution in [3.05, 3.63) is 0 Å². The van der Waals surface area contributed by atoms with E-state index in [9.17, 15) is 0 Å². The Kier molecular flexibility index (Phi) is 1.24. The predicted molar refractivity (Wildman–Crippen MR) is 37.1 cm³/mol. The van der Waals surface area contributed by atoms with E-state index in [-0.39, 0.29) is 0 Å². The molecule has 2 heteroatoms. The van der Waals surface area contributed by atoms with Gasteiger partial charge < -0.3 is 11.1 Å². The minimum absolute atomic E-state index is 0.516. The molecule has 0 aromatic heterocycles. The quantitative estimate of drug-likeness (QED) is 0.477. The van der Waals surface area contributed by atoms with Crippen LogP contribution < -0.4 is 11.1 Å². The van der Waals surface area contributed by atoms with Gasteiger partial charge >= 0.3 is 0 Å². The monoisotopic (exact) mass is 126 g/mol. The van der Waals surface area contributed by atoms with Gasteiger partial charge in [0, 0.05) is 6.04 Å². The second kappa shape index (κ2) is 1.96. The van der Waals surface area contributed by atoms with Crippen LogP contribution in [0.1, 0.15) is 12.8 Å². The first-order valence-corrected chi connectivity index (χ1v) is 3.84. The third-order valence-corrected chi connectivity index (χ3v) is 2.80. The fraction of sp³-hybridized carbons (Fsp3) is 1.00. The fourth-order valence-corrected chi connectivity index (χ4v) is 2.06. The molecule has 1 saturated heterocycles. The maximum absolute atomic E-state index is 5.79. The zero-order valence-electron chi connectivity index (χ0n) is 5.64. The average Bonchev–Trinajstić information content (AvgIpc) is 1.86. The van der Waals surface area contributed by atoms with E-state index < -0.39 is 0 Å². The van der Waals surface area contributed by atoms with E-state index in [1.54, 1.807) is 0 Å². The Morgan fingerprint density at radius 1 is 1.44 bits per heavy atom. The zero-order valence-corrected chi connectivity index (χ0v) is 5.64. The first kappa shape index (κ1) is 5.69. The van der Waals surface area contributed by atoms with E-state index in [1.807, 2.05) is 0 Å². The molecule has 3 atom stereocenters. The van der Waals surface area contributed by atoms with Gasteiger partial charge in [-0.1, -0.05) is 0 Å². The van der Waals surface area contributed by atoms with E-state index in [0.29, 0.717) is 6.04 Å². The van der Waals surface area contributed by atoms with Gasteiger partial charge in [0.25, 0.3) is 0 Å². The SMILES string of the molecule is NC1CC2CCNCC12. The smallest absolute Gasteiger partial charge is 0.00847 e. The fourth-order valence-electron chi connectivity index (χ4n) is 2.06. The zero-order chi connectivity index (χ0) is 6.27. The van der Waals surface area contributed by atoms with Crippen molar-refractivity contribution in [2.24, 2.45) is 17.6 Å². The largest absolute Gasteiger partial charge is 0.327 e. The molecule has 0 radical (unpaired) electrons. The van der Waals surface area contributed by atoms with Crippen LogP contribution in [0.2, 0.25) is 0 Å². The number of hydrogen-bond acceptors (Lipinski definition) is 2. The highest BCUT2D eigenvalue weighted by Crippen LogP contribution is 2.36. The number of fused-ring (bicyclic) bond motifs is 1. The number of nitrogens with two attached hydrogens (primary N) is 1. The van der Waals surface area contributed by atoms with Crippen molar-refractivity contribution >= 4 is 0 Å². The van der Waals surface area contributed by atoms with Crippen LogP contribution in [0.25, 0.3) is 0 Å². The summed E-state index contributed by atoms with van der Waals surface area (Å²) in [5.41, 5.74) is 5.79. The lowest BCUT2D eigenvalue weighted by Crippen LogP contribution is -2.55. The molecule has 1 heterocycles. The Morgan fingerprint density at radius 2 is 2.33 bits per heavy atom. The topological polar surface area (TPSA) is 38.0 Å². The van der Waals surface area contributed by atoms with E-state index in [2.05, 4.69) is 5.32 Å². The summed E-state index contributed by atoms with van der Waals surface area (Å²) < 4.78 is 0. The van der Waals surface area contributed by atoms with Gasteiger partial charge in [0.05, 0.1) is 0 Å². The van der Waals surface area contributed by atoms with E-state index in [1.165, 1.54) is 25.9 Å². The van der Waals surface area contributed by atoms with Crippen LogP contribution in [0, 0.1) is 11.8 Å². The van der Waals surface area contributed by atoms with Gasteiger partial charge in [-0.2, -0.15) is 0 Å². The van der Waals surface area contributed by atoms with Crippen molar-refractivity contribution in [2.75, 3.05) is 13.1 Å². The van der Waals surface area contributed by atoms with Crippen LogP contribution in [-0.2, 0) is 0 Å². The molecule has 52 valence electrons. The summed E-state index contributed by atoms with van der Waals surface area (Å²) in [4.78, 5) is 0. The maximum atomic E-state index is 5.79. The van der Waals surface area contributed by atoms with Crippen LogP contribution >= 0.6 is 0 Å². The average molecular weight is 126 g/mol. The van der Waals surface area contributed by atoms with Gasteiger partial charge in [0.2, 0.25) is 0 Å². The molecule has 0 bridgehead atoms. The summed E-state index contributed by atoms with van der Waals surface area (Å²) in [7, 11) is 0. The molecular formula is C7H14N2. The summed E-state index contributed by atoms with van der Waals surface area (Å²) >= 11 is 0. The van der Waals surface area contributed by atoms with E-state index in [4.69, 9.17) is 5.73 Å². The maximum Gasteiger partial charge on any atom is 0.00847 e. The molecule has 3 unspecified atom stereocenters. The second-order valence-electron chi connectivity index (χ2n) is 3.32. The Labute approximate surface area is 55.8 Å². The van der Waals surface area contributed by atoms with Crippen LogP contribution in [-0.4, -0.2) is 19.1 Å². The van der Waals surface area contributed by atoms with Gasteiger partial charge in [0.1, 0.15) is 0 Å². The lowest BCUT2D eigenvalue weighted by molar-refractivity contribution is 0.0971. The molecule has 0 spiro atoms. The van der Waals surface area contributed by atoms with Crippen molar-refractivity contribution in [3.63, 3.8) is 0 Å². The highest BCUT2D eigenvalue weighted by Gasteiger charge is 2.39.